The van der Waals surface area contributed by atoms with Gasteiger partial charge in [-0.25, -0.2) is 28.8 Å². The topological polar surface area (TPSA) is 579 Å². The Labute approximate surface area is 874 Å². The average Bonchev–Trinajstić information content (AvgIpc) is 1.58. The lowest BCUT2D eigenvalue weighted by atomic mass is 9.98. The Bertz CT molecular complexity index is 4560. The van der Waals surface area contributed by atoms with Gasteiger partial charge in [-0.1, -0.05) is 119 Å². The van der Waals surface area contributed by atoms with Crippen LogP contribution in [0.1, 0.15) is 135 Å². The predicted octanol–water partition coefficient (Wildman–Crippen LogP) is 2.41. The Hall–Kier alpha value is -6.89. The first-order valence-electron chi connectivity index (χ1n) is 50.8. The van der Waals surface area contributed by atoms with E-state index >= 15 is 0 Å². The highest BCUT2D eigenvalue weighted by atomic mass is 28.3. The number of carbonyl (C=O) groups is 6. The summed E-state index contributed by atoms with van der Waals surface area (Å²) in [5.41, 5.74) is 9.63. The molecule has 846 valence electrons. The van der Waals surface area contributed by atoms with Gasteiger partial charge in [-0.15, -0.1) is 11.1 Å². The van der Waals surface area contributed by atoms with Crippen LogP contribution in [0, 0.1) is 40.2 Å². The molecule has 7 heterocycles. The number of esters is 6. The molecule has 149 heavy (non-hydrogen) atoms. The molecule has 44 nitrogen and oxygen atoms in total. The Kier molecular flexibility index (Phi) is 51.1. The molecule has 0 aromatic heterocycles. The minimum atomic E-state index is -1.70. The molecule has 8 fully saturated rings. The Morgan fingerprint density at radius 3 is 1.01 bits per heavy atom. The third kappa shape index (κ3) is 38.9. The van der Waals surface area contributed by atoms with Crippen LogP contribution in [0.2, 0.25) is 39.3 Å². The van der Waals surface area contributed by atoms with Crippen LogP contribution in [0.5, 0.6) is 0 Å². The molecular weight excluding hydrogens is 2000 g/mol. The molecule has 2 aromatic carbocycles. The van der Waals surface area contributed by atoms with Gasteiger partial charge in [0.05, 0.1) is 89.0 Å². The Morgan fingerprint density at radius 1 is 0.383 bits per heavy atom. The fourth-order valence-electron chi connectivity index (χ4n) is 16.8. The smallest absolute Gasteiger partial charge is 0.339 e. The van der Waals surface area contributed by atoms with Gasteiger partial charge in [0, 0.05) is 32.3 Å². The van der Waals surface area contributed by atoms with E-state index in [0.717, 1.165) is 24.1 Å². The van der Waals surface area contributed by atoms with E-state index in [1.165, 1.54) is 5.57 Å². The number of carbonyl (C=O) groups excluding carboxylic acids is 6. The maximum atomic E-state index is 13.4. The molecule has 7 saturated heterocycles. The van der Waals surface area contributed by atoms with Gasteiger partial charge < -0.3 is 185 Å². The first-order valence-corrected chi connectivity index (χ1v) is 57.8. The summed E-state index contributed by atoms with van der Waals surface area (Å²) in [6.07, 6.45) is -43.3. The predicted molar refractivity (Wildman–Crippen MR) is 532 cm³/mol. The molecule has 8 aliphatic rings. The zero-order valence-electron chi connectivity index (χ0n) is 89.9. The first kappa shape index (κ1) is 127. The van der Waals surface area contributed by atoms with Gasteiger partial charge in [-0.3, -0.25) is 0 Å². The number of hydrogen-bond acceptors (Lipinski definition) is 44. The van der Waals surface area contributed by atoms with E-state index in [9.17, 15) is 90.0 Å². The van der Waals surface area contributed by atoms with Crippen LogP contribution in [0.4, 0.5) is 5.69 Å². The van der Waals surface area contributed by atoms with Gasteiger partial charge in [-0.2, -0.15) is 0 Å². The molecule has 12 N–H and O–H groups in total. The van der Waals surface area contributed by atoms with Crippen molar-refractivity contribution in [2.45, 2.75) is 403 Å². The number of benzene rings is 2. The van der Waals surface area contributed by atoms with Gasteiger partial charge in [0.15, 0.2) is 87.6 Å². The molecule has 9 unspecified atom stereocenters. The maximum Gasteiger partial charge on any atom is 0.339 e. The minimum absolute atomic E-state index is 0.0158. The summed E-state index contributed by atoms with van der Waals surface area (Å²) in [5, 5.41) is 130. The van der Waals surface area contributed by atoms with Crippen molar-refractivity contribution in [2.75, 3.05) is 91.7 Å². The van der Waals surface area contributed by atoms with Crippen molar-refractivity contribution in [1.82, 2.24) is 0 Å². The highest BCUT2D eigenvalue weighted by molar-refractivity contribution is 6.84. The summed E-state index contributed by atoms with van der Waals surface area (Å²) in [5.74, 6) is 0.972. The molecule has 10 rings (SSSR count). The second-order valence-corrected chi connectivity index (χ2v) is 51.7. The third-order valence-electron chi connectivity index (χ3n) is 24.2. The van der Waals surface area contributed by atoms with E-state index in [4.69, 9.17) is 118 Å². The number of aliphatic hydroxyl groups is 12. The normalized spacial score (nSPS) is 32.9. The second-order valence-electron chi connectivity index (χ2n) is 42.2. The summed E-state index contributed by atoms with van der Waals surface area (Å²) in [6.45, 7) is 39.3. The number of anilines is 1. The lowest BCUT2D eigenvalue weighted by Crippen LogP contribution is -2.62. The monoisotopic (exact) mass is 2160 g/mol. The fraction of sp³-hybridized carbons (Fsp3) is 0.767. The second kappa shape index (κ2) is 59.9. The van der Waals surface area contributed by atoms with Crippen LogP contribution in [0.15, 0.2) is 66.2 Å². The van der Waals surface area contributed by atoms with Crippen molar-refractivity contribution >= 4 is 57.7 Å². The highest BCUT2D eigenvalue weighted by Gasteiger charge is 2.60. The lowest BCUT2D eigenvalue weighted by molar-refractivity contribution is -0.316. The quantitative estimate of drug-likeness (QED) is 0.0113. The zero-order valence-corrected chi connectivity index (χ0v) is 91.9. The number of nitrogens with zero attached hydrogens (tertiary/aromatic N) is 1. The van der Waals surface area contributed by atoms with Crippen LogP contribution < -0.4 is 4.90 Å². The average molecular weight is 2160 g/mol. The Morgan fingerprint density at radius 2 is 0.685 bits per heavy atom. The molecule has 33 atom stereocenters. The standard InChI is InChI=1S/C37H56O14.C35H55NO14Si.C31H52O15Si/c1-19(2)16-23-24(37(23,7)8)18-47-33(42)31-29(25(38)28(41)36(51-31)49-21(5)6)44-14-15-45-35-27(40)26(39)30(48-20(3)4)32(50-35)34(43)46-17-22-12-10-9-11-13-22;1-20(2)47-29-25(38)26(39)34(49-31(29)32(41)44-14-11-17-51(7,8)9)45-16-15-43-28-24(37)27(40)35(48-21(3)4)50-30(28)33(42)46-19-22-12-10-13-23(18-22)36(5)6;1-17(2)43-25-21(33)22(34)30(45-27(25)28(36)40-12-9-15-47(5,6)7)41-14-13-39-24-20(32)23(35)31(44-18(3)4)46-26(24)29(37)42-16-19-10-8-11-38-19/h9-13,16,20-21,23-32,35-36,38-41H,14-15,17-18H2,1-8H3;10,12-13,18,20-21,24-31,34-35,37-40H,14-16,19H2,1-9H3;17-27,30-35H,8,10-14,16H2,1-7H3/t23?,24?,25-,26-,27+,28+,29+,30+,31?,32?,35-,36-;24-,25-,26+,27+,28+,29+,30?,31?,34-,35-;19?,20-,21-,22+,23+,24+,25+,26?,27?,30-,31-/m111/s1. The van der Waals surface area contributed by atoms with Crippen LogP contribution in [-0.4, -0.2) is 427 Å². The number of rotatable bonds is 45. The summed E-state index contributed by atoms with van der Waals surface area (Å²) < 4.78 is 141. The summed E-state index contributed by atoms with van der Waals surface area (Å²) >= 11 is 0. The molecule has 0 bridgehead atoms. The number of allylic oxidation sites excluding steroid dienone is 2. The molecule has 46 heteroatoms. The fourth-order valence-corrected chi connectivity index (χ4v) is 18.0. The van der Waals surface area contributed by atoms with E-state index in [1.54, 1.807) is 113 Å². The van der Waals surface area contributed by atoms with E-state index in [-0.39, 0.29) is 103 Å². The zero-order chi connectivity index (χ0) is 111. The van der Waals surface area contributed by atoms with E-state index in [2.05, 4.69) is 42.9 Å². The van der Waals surface area contributed by atoms with Gasteiger partial charge >= 0.3 is 35.8 Å². The molecule has 0 spiro atoms. The van der Waals surface area contributed by atoms with Crippen LogP contribution in [-0.2, 0) is 160 Å². The minimum Gasteiger partial charge on any atom is -0.463 e. The molecule has 0 amide bonds. The van der Waals surface area contributed by atoms with Crippen LogP contribution >= 0.6 is 0 Å². The summed E-state index contributed by atoms with van der Waals surface area (Å²) in [6, 6.07) is 16.4. The van der Waals surface area contributed by atoms with Crippen LogP contribution in [0.3, 0.4) is 0 Å². The van der Waals surface area contributed by atoms with Gasteiger partial charge in [0.1, 0.15) is 146 Å². The third-order valence-corrected chi connectivity index (χ3v) is 26.1. The number of hydrogen-bond donors (Lipinski definition) is 12. The first-order chi connectivity index (χ1) is 70.0. The van der Waals surface area contributed by atoms with E-state index in [1.807, 2.05) is 96.4 Å². The van der Waals surface area contributed by atoms with Gasteiger partial charge in [0.25, 0.3) is 0 Å². The number of ether oxygens (including phenoxy) is 25. The lowest BCUT2D eigenvalue weighted by Gasteiger charge is -2.42. The molecule has 1 saturated carbocycles. The van der Waals surface area contributed by atoms with Gasteiger partial charge in [0.2, 0.25) is 0 Å². The summed E-state index contributed by atoms with van der Waals surface area (Å²) in [7, 11) is 0.370. The molecule has 0 radical (unpaired) electrons. The highest BCUT2D eigenvalue weighted by Crippen LogP contribution is 2.59. The van der Waals surface area contributed by atoms with E-state index < -0.39 is 273 Å². The van der Waals surface area contributed by atoms with Crippen molar-refractivity contribution in [3.63, 3.8) is 0 Å². The largest absolute Gasteiger partial charge is 0.463 e. The van der Waals surface area contributed by atoms with Crippen molar-refractivity contribution in [3.05, 3.63) is 77.4 Å². The van der Waals surface area contributed by atoms with Gasteiger partial charge in [-0.05, 0) is 144 Å². The maximum absolute atomic E-state index is 13.4. The summed E-state index contributed by atoms with van der Waals surface area (Å²) in [4.78, 5) is 80.8. The SMILES string of the molecule is CC(C)=CC1C(COC(=O)C2O[C@@H](OC(C)C)[C@@H](O)[C@@H](O)[C@@H]2OCCO[C@@H]2OC(C(=O)OCc3ccccc3)[C@@H](OC(C)C)[C@H](O)[C@@H]2O)C1(C)C.CC(C)O[C@@H]1OC(C(=O)OCC2CCCO2)[C@@H](OCCO[C@@H]2OC(C(=O)OCC#C[Si](C)(C)C)[C@@H](OC(C)C)[C@H](O)[C@@H]2O)[C@H](O)[C@@H]1O.CC(C)O[C@@H]1OC(C(=O)OCc2cccc(N(C)C)c2)[C@@H](OCCO[C@@H]2OC(C(=O)OCC#C[Si](C)(C)C)[C@@H](OC(C)C)[C@H](O)[C@@H]2O)[C@H](O)[C@@H]1O. The molecular formula is C103H163NO43Si2. The van der Waals surface area contributed by atoms with Crippen molar-refractivity contribution in [3.8, 4) is 22.9 Å². The molecule has 1 aliphatic carbocycles. The van der Waals surface area contributed by atoms with Crippen molar-refractivity contribution < 1.29 is 208 Å². The van der Waals surface area contributed by atoms with Crippen molar-refractivity contribution in [1.29, 1.82) is 0 Å². The van der Waals surface area contributed by atoms with Crippen molar-refractivity contribution in [2.24, 2.45) is 17.3 Å². The Balaban J connectivity index is 0.000000273. The molecule has 2 aromatic rings. The molecule has 7 aliphatic heterocycles. The number of aliphatic hydroxyl groups excluding tert-OH is 12. The van der Waals surface area contributed by atoms with Crippen LogP contribution in [0.25, 0.3) is 0 Å². The van der Waals surface area contributed by atoms with E-state index in [0.29, 0.717) is 12.2 Å².